The topological polar surface area (TPSA) is 86.6 Å². The summed E-state index contributed by atoms with van der Waals surface area (Å²) in [5.74, 6) is -0.750. The van der Waals surface area contributed by atoms with E-state index >= 15 is 0 Å². The molecule has 0 aromatic carbocycles. The van der Waals surface area contributed by atoms with Gasteiger partial charge in [-0.05, 0) is 13.8 Å². The fourth-order valence-corrected chi connectivity index (χ4v) is 2.20. The second kappa shape index (κ2) is 4.49. The Balaban J connectivity index is 2.38. The third-order valence-electron chi connectivity index (χ3n) is 3.32. The summed E-state index contributed by atoms with van der Waals surface area (Å²) in [5, 5.41) is 8.94. The molecule has 1 saturated heterocycles. The third-order valence-corrected chi connectivity index (χ3v) is 3.32. The van der Waals surface area contributed by atoms with Crippen molar-refractivity contribution in [3.8, 4) is 0 Å². The van der Waals surface area contributed by atoms with Gasteiger partial charge in [-0.1, -0.05) is 0 Å². The number of anilines is 1. The fourth-order valence-electron chi connectivity index (χ4n) is 2.20. The number of hydrogen-bond donors (Lipinski definition) is 1. The highest BCUT2D eigenvalue weighted by Gasteiger charge is 2.41. The first kappa shape index (κ1) is 13.3. The Morgan fingerprint density at radius 3 is 2.68 bits per heavy atom. The van der Waals surface area contributed by atoms with Crippen LogP contribution < -0.4 is 4.90 Å². The van der Waals surface area contributed by atoms with E-state index in [1.807, 2.05) is 0 Å². The van der Waals surface area contributed by atoms with Crippen molar-refractivity contribution in [2.24, 2.45) is 0 Å². The van der Waals surface area contributed by atoms with Crippen molar-refractivity contribution in [3.63, 3.8) is 0 Å². The molecule has 0 bridgehead atoms. The normalized spacial score (nSPS) is 18.6. The van der Waals surface area contributed by atoms with Gasteiger partial charge in [-0.2, -0.15) is 0 Å². The van der Waals surface area contributed by atoms with Crippen molar-refractivity contribution in [2.75, 3.05) is 25.0 Å². The molecular weight excluding hydrogens is 248 g/mol. The lowest BCUT2D eigenvalue weighted by Gasteiger charge is -2.45. The minimum absolute atomic E-state index is 0.0266. The summed E-state index contributed by atoms with van der Waals surface area (Å²) >= 11 is 0. The van der Waals surface area contributed by atoms with Gasteiger partial charge < -0.3 is 14.9 Å². The number of piperazine rings is 1. The van der Waals surface area contributed by atoms with Crippen LogP contribution in [-0.2, 0) is 4.79 Å². The molecule has 1 aromatic heterocycles. The van der Waals surface area contributed by atoms with Gasteiger partial charge in [0.2, 0.25) is 5.91 Å². The molecule has 0 aliphatic carbocycles. The molecule has 1 N–H and O–H groups in total. The van der Waals surface area contributed by atoms with Crippen LogP contribution in [0.15, 0.2) is 12.4 Å². The van der Waals surface area contributed by atoms with Gasteiger partial charge in [0.15, 0.2) is 5.69 Å². The summed E-state index contributed by atoms with van der Waals surface area (Å²) in [6.07, 6.45) is 2.67. The Bertz CT molecular complexity index is 529. The molecule has 7 heteroatoms. The molecule has 0 spiro atoms. The molecule has 19 heavy (non-hydrogen) atoms. The summed E-state index contributed by atoms with van der Waals surface area (Å²) in [6, 6.07) is 0. The van der Waals surface area contributed by atoms with Crippen LogP contribution in [-0.4, -0.2) is 57.5 Å². The van der Waals surface area contributed by atoms with Crippen LogP contribution in [0, 0.1) is 0 Å². The summed E-state index contributed by atoms with van der Waals surface area (Å²) in [7, 11) is 1.75. The highest BCUT2D eigenvalue weighted by molar-refractivity contribution is 5.90. The molecule has 0 atom stereocenters. The van der Waals surface area contributed by atoms with E-state index in [1.165, 1.54) is 12.4 Å². The van der Waals surface area contributed by atoms with E-state index < -0.39 is 11.5 Å². The van der Waals surface area contributed by atoms with E-state index in [4.69, 9.17) is 5.11 Å². The third kappa shape index (κ3) is 2.23. The molecule has 2 heterocycles. The van der Waals surface area contributed by atoms with E-state index in [1.54, 1.807) is 30.7 Å². The predicted molar refractivity (Wildman–Crippen MR) is 68.1 cm³/mol. The van der Waals surface area contributed by atoms with Gasteiger partial charge in [0, 0.05) is 20.1 Å². The van der Waals surface area contributed by atoms with Crippen LogP contribution in [0.1, 0.15) is 24.3 Å². The lowest BCUT2D eigenvalue weighted by molar-refractivity contribution is -0.136. The van der Waals surface area contributed by atoms with Gasteiger partial charge >= 0.3 is 5.97 Å². The molecule has 0 radical (unpaired) electrons. The molecular formula is C12H16N4O3. The summed E-state index contributed by atoms with van der Waals surface area (Å²) < 4.78 is 0. The highest BCUT2D eigenvalue weighted by Crippen LogP contribution is 2.26. The quantitative estimate of drug-likeness (QED) is 0.823. The Morgan fingerprint density at radius 1 is 1.37 bits per heavy atom. The van der Waals surface area contributed by atoms with Crippen LogP contribution >= 0.6 is 0 Å². The van der Waals surface area contributed by atoms with Gasteiger partial charge in [-0.3, -0.25) is 9.78 Å². The number of amides is 1. The first-order chi connectivity index (χ1) is 8.84. The SMILES string of the molecule is CN1CCN(c2cncc(C(=O)O)n2)C(C)(C)C1=O. The lowest BCUT2D eigenvalue weighted by Crippen LogP contribution is -2.62. The monoisotopic (exact) mass is 264 g/mol. The Labute approximate surface area is 110 Å². The average molecular weight is 264 g/mol. The Morgan fingerprint density at radius 2 is 2.05 bits per heavy atom. The maximum absolute atomic E-state index is 12.2. The van der Waals surface area contributed by atoms with Crippen LogP contribution in [0.4, 0.5) is 5.82 Å². The molecule has 1 amide bonds. The van der Waals surface area contributed by atoms with Gasteiger partial charge in [0.25, 0.3) is 0 Å². The van der Waals surface area contributed by atoms with Crippen molar-refractivity contribution in [1.82, 2.24) is 14.9 Å². The largest absolute Gasteiger partial charge is 0.476 e. The number of carbonyl (C=O) groups excluding carboxylic acids is 1. The number of carboxylic acids is 1. The first-order valence-corrected chi connectivity index (χ1v) is 5.92. The maximum Gasteiger partial charge on any atom is 0.356 e. The van der Waals surface area contributed by atoms with Crippen molar-refractivity contribution in [2.45, 2.75) is 19.4 Å². The van der Waals surface area contributed by atoms with Crippen molar-refractivity contribution in [3.05, 3.63) is 18.1 Å². The second-order valence-corrected chi connectivity index (χ2v) is 5.01. The molecule has 102 valence electrons. The number of aromatic carboxylic acids is 1. The summed E-state index contributed by atoms with van der Waals surface area (Å²) in [6.45, 7) is 4.74. The number of likely N-dealkylation sites (N-methyl/N-ethyl adjacent to an activating group) is 1. The van der Waals surface area contributed by atoms with E-state index in [0.717, 1.165) is 0 Å². The maximum atomic E-state index is 12.2. The van der Waals surface area contributed by atoms with Crippen LogP contribution in [0.3, 0.4) is 0 Å². The van der Waals surface area contributed by atoms with Gasteiger partial charge in [0.05, 0.1) is 12.4 Å². The van der Waals surface area contributed by atoms with Crippen molar-refractivity contribution < 1.29 is 14.7 Å². The van der Waals surface area contributed by atoms with E-state index in [-0.39, 0.29) is 11.6 Å². The Hall–Kier alpha value is -2.18. The molecule has 2 rings (SSSR count). The molecule has 1 aliphatic heterocycles. The standard InChI is InChI=1S/C12H16N4O3/c1-12(2)11(19)15(3)4-5-16(12)9-7-13-6-8(14-9)10(17)18/h6-7H,4-5H2,1-3H3,(H,17,18). The number of rotatable bonds is 2. The van der Waals surface area contributed by atoms with E-state index in [0.29, 0.717) is 18.9 Å². The summed E-state index contributed by atoms with van der Waals surface area (Å²) in [5.41, 5.74) is -0.890. The molecule has 1 fully saturated rings. The lowest BCUT2D eigenvalue weighted by atomic mass is 9.98. The van der Waals surface area contributed by atoms with E-state index in [2.05, 4.69) is 9.97 Å². The minimum Gasteiger partial charge on any atom is -0.476 e. The fraction of sp³-hybridized carbons (Fsp3) is 0.500. The van der Waals surface area contributed by atoms with Crippen molar-refractivity contribution >= 4 is 17.7 Å². The average Bonchev–Trinajstić information content (AvgIpc) is 2.36. The zero-order valence-electron chi connectivity index (χ0n) is 11.1. The predicted octanol–water partition coefficient (Wildman–Crippen LogP) is 0.232. The zero-order chi connectivity index (χ0) is 14.2. The number of nitrogens with zero attached hydrogens (tertiary/aromatic N) is 4. The van der Waals surface area contributed by atoms with Crippen LogP contribution in [0.25, 0.3) is 0 Å². The smallest absolute Gasteiger partial charge is 0.356 e. The molecule has 7 nitrogen and oxygen atoms in total. The van der Waals surface area contributed by atoms with Crippen LogP contribution in [0.5, 0.6) is 0 Å². The number of carbonyl (C=O) groups is 2. The van der Waals surface area contributed by atoms with Gasteiger partial charge in [-0.25, -0.2) is 9.78 Å². The highest BCUT2D eigenvalue weighted by atomic mass is 16.4. The Kier molecular flexibility index (Phi) is 3.13. The second-order valence-electron chi connectivity index (χ2n) is 5.01. The number of hydrogen-bond acceptors (Lipinski definition) is 5. The van der Waals surface area contributed by atoms with Gasteiger partial charge in [0.1, 0.15) is 11.4 Å². The van der Waals surface area contributed by atoms with Gasteiger partial charge in [-0.15, -0.1) is 0 Å². The molecule has 0 unspecified atom stereocenters. The first-order valence-electron chi connectivity index (χ1n) is 5.92. The van der Waals surface area contributed by atoms with Crippen molar-refractivity contribution in [1.29, 1.82) is 0 Å². The van der Waals surface area contributed by atoms with E-state index in [9.17, 15) is 9.59 Å². The molecule has 1 aromatic rings. The minimum atomic E-state index is -1.13. The molecule has 1 aliphatic rings. The number of aromatic nitrogens is 2. The summed E-state index contributed by atoms with van der Waals surface area (Å²) in [4.78, 5) is 34.5. The zero-order valence-corrected chi connectivity index (χ0v) is 11.1. The van der Waals surface area contributed by atoms with Crippen LogP contribution in [0.2, 0.25) is 0 Å². The number of carboxylic acid groups (broad SMARTS) is 1. The molecule has 0 saturated carbocycles.